The SMILES string of the molecule is CC(C)CN(CCC#N)C1CCCOC1. The first-order chi connectivity index (χ1) is 7.24. The molecule has 15 heavy (non-hydrogen) atoms. The second-order valence-electron chi connectivity index (χ2n) is 4.67. The van der Waals surface area contributed by atoms with E-state index < -0.39 is 0 Å². The molecule has 1 fully saturated rings. The standard InChI is InChI=1S/C12H22N2O/c1-11(2)9-14(7-4-6-13)12-5-3-8-15-10-12/h11-12H,3-5,7-10H2,1-2H3. The highest BCUT2D eigenvalue weighted by Gasteiger charge is 2.21. The molecule has 0 aromatic heterocycles. The molecule has 1 rings (SSSR count). The molecule has 1 aliphatic heterocycles. The summed E-state index contributed by atoms with van der Waals surface area (Å²) < 4.78 is 5.50. The smallest absolute Gasteiger partial charge is 0.0635 e. The molecule has 3 nitrogen and oxygen atoms in total. The maximum Gasteiger partial charge on any atom is 0.0635 e. The minimum absolute atomic E-state index is 0.537. The van der Waals surface area contributed by atoms with Gasteiger partial charge in [0.1, 0.15) is 0 Å². The molecule has 0 N–H and O–H groups in total. The Hall–Kier alpha value is -0.590. The van der Waals surface area contributed by atoms with E-state index in [-0.39, 0.29) is 0 Å². The highest BCUT2D eigenvalue weighted by atomic mass is 16.5. The lowest BCUT2D eigenvalue weighted by Gasteiger charge is -2.34. The van der Waals surface area contributed by atoms with Crippen molar-refractivity contribution in [2.45, 2.75) is 39.2 Å². The summed E-state index contributed by atoms with van der Waals surface area (Å²) in [6.07, 6.45) is 3.01. The summed E-state index contributed by atoms with van der Waals surface area (Å²) in [5.41, 5.74) is 0. The van der Waals surface area contributed by atoms with Crippen molar-refractivity contribution in [3.8, 4) is 6.07 Å². The zero-order valence-corrected chi connectivity index (χ0v) is 9.91. The number of hydrogen-bond acceptors (Lipinski definition) is 3. The lowest BCUT2D eigenvalue weighted by molar-refractivity contribution is 0.0144. The molecule has 0 aromatic rings. The zero-order valence-electron chi connectivity index (χ0n) is 9.91. The van der Waals surface area contributed by atoms with Gasteiger partial charge in [0.15, 0.2) is 0 Å². The topological polar surface area (TPSA) is 36.3 Å². The summed E-state index contributed by atoms with van der Waals surface area (Å²) >= 11 is 0. The van der Waals surface area contributed by atoms with Gasteiger partial charge in [-0.05, 0) is 18.8 Å². The van der Waals surface area contributed by atoms with E-state index in [1.165, 1.54) is 6.42 Å². The van der Waals surface area contributed by atoms with Gasteiger partial charge in [-0.2, -0.15) is 5.26 Å². The molecule has 0 amide bonds. The number of nitriles is 1. The van der Waals surface area contributed by atoms with Gasteiger partial charge in [0.25, 0.3) is 0 Å². The van der Waals surface area contributed by atoms with Crippen LogP contribution in [0.2, 0.25) is 0 Å². The molecule has 1 heterocycles. The summed E-state index contributed by atoms with van der Waals surface area (Å²) in [6.45, 7) is 8.17. The van der Waals surface area contributed by atoms with Crippen LogP contribution in [0.5, 0.6) is 0 Å². The van der Waals surface area contributed by atoms with E-state index in [1.54, 1.807) is 0 Å². The monoisotopic (exact) mass is 210 g/mol. The number of rotatable bonds is 5. The fourth-order valence-electron chi connectivity index (χ4n) is 2.10. The van der Waals surface area contributed by atoms with Crippen LogP contribution in [-0.4, -0.2) is 37.2 Å². The summed E-state index contributed by atoms with van der Waals surface area (Å²) in [6, 6.07) is 2.76. The van der Waals surface area contributed by atoms with E-state index in [1.807, 2.05) is 0 Å². The quantitative estimate of drug-likeness (QED) is 0.696. The predicted molar refractivity (Wildman–Crippen MR) is 60.5 cm³/mol. The van der Waals surface area contributed by atoms with Crippen LogP contribution in [0.15, 0.2) is 0 Å². The third-order valence-corrected chi connectivity index (χ3v) is 2.76. The Bertz CT molecular complexity index is 204. The fourth-order valence-corrected chi connectivity index (χ4v) is 2.10. The molecule has 1 atom stereocenters. The Morgan fingerprint density at radius 2 is 2.33 bits per heavy atom. The fraction of sp³-hybridized carbons (Fsp3) is 0.917. The molecule has 1 aliphatic rings. The van der Waals surface area contributed by atoms with E-state index in [9.17, 15) is 0 Å². The van der Waals surface area contributed by atoms with Crippen LogP contribution in [0.1, 0.15) is 33.1 Å². The average molecular weight is 210 g/mol. The van der Waals surface area contributed by atoms with Gasteiger partial charge in [-0.15, -0.1) is 0 Å². The molecule has 0 aliphatic carbocycles. The number of nitrogens with zero attached hydrogens (tertiary/aromatic N) is 2. The summed E-state index contributed by atoms with van der Waals surface area (Å²) in [7, 11) is 0. The first kappa shape index (κ1) is 12.5. The predicted octanol–water partition coefficient (Wildman–Crippen LogP) is 2.04. The second kappa shape index (κ2) is 6.81. The Morgan fingerprint density at radius 1 is 1.53 bits per heavy atom. The number of ether oxygens (including phenoxy) is 1. The summed E-state index contributed by atoms with van der Waals surface area (Å²) in [4.78, 5) is 2.42. The van der Waals surface area contributed by atoms with Crippen LogP contribution >= 0.6 is 0 Å². The van der Waals surface area contributed by atoms with E-state index in [0.29, 0.717) is 18.4 Å². The van der Waals surface area contributed by atoms with Gasteiger partial charge in [0.2, 0.25) is 0 Å². The first-order valence-corrected chi connectivity index (χ1v) is 5.92. The third-order valence-electron chi connectivity index (χ3n) is 2.76. The van der Waals surface area contributed by atoms with Crippen molar-refractivity contribution in [2.24, 2.45) is 5.92 Å². The second-order valence-corrected chi connectivity index (χ2v) is 4.67. The van der Waals surface area contributed by atoms with E-state index in [2.05, 4.69) is 24.8 Å². The van der Waals surface area contributed by atoms with Gasteiger partial charge in [0.05, 0.1) is 12.7 Å². The van der Waals surface area contributed by atoms with Gasteiger partial charge in [-0.25, -0.2) is 0 Å². The minimum atomic E-state index is 0.537. The van der Waals surface area contributed by atoms with Crippen LogP contribution in [0, 0.1) is 17.2 Å². The van der Waals surface area contributed by atoms with Crippen molar-refractivity contribution < 1.29 is 4.74 Å². The van der Waals surface area contributed by atoms with Crippen molar-refractivity contribution in [2.75, 3.05) is 26.3 Å². The van der Waals surface area contributed by atoms with Crippen molar-refractivity contribution >= 4 is 0 Å². The normalized spacial score (nSPS) is 21.9. The van der Waals surface area contributed by atoms with Crippen molar-refractivity contribution in [1.82, 2.24) is 4.90 Å². The van der Waals surface area contributed by atoms with Crippen LogP contribution in [0.25, 0.3) is 0 Å². The molecular weight excluding hydrogens is 188 g/mol. The first-order valence-electron chi connectivity index (χ1n) is 5.92. The Morgan fingerprint density at radius 3 is 2.87 bits per heavy atom. The average Bonchev–Trinajstić information content (AvgIpc) is 2.25. The van der Waals surface area contributed by atoms with E-state index in [0.717, 1.165) is 32.7 Å². The summed E-state index contributed by atoms with van der Waals surface area (Å²) in [5.74, 6) is 0.658. The lowest BCUT2D eigenvalue weighted by Crippen LogP contribution is -2.43. The van der Waals surface area contributed by atoms with Crippen LogP contribution in [0.4, 0.5) is 0 Å². The highest BCUT2D eigenvalue weighted by Crippen LogP contribution is 2.15. The van der Waals surface area contributed by atoms with Gasteiger partial charge < -0.3 is 4.74 Å². The van der Waals surface area contributed by atoms with E-state index in [4.69, 9.17) is 10.00 Å². The van der Waals surface area contributed by atoms with Crippen LogP contribution < -0.4 is 0 Å². The molecular formula is C12H22N2O. The molecule has 0 spiro atoms. The van der Waals surface area contributed by atoms with E-state index >= 15 is 0 Å². The van der Waals surface area contributed by atoms with Crippen molar-refractivity contribution in [3.05, 3.63) is 0 Å². The molecule has 3 heteroatoms. The Balaban J connectivity index is 2.42. The molecule has 0 saturated carbocycles. The maximum atomic E-state index is 8.64. The summed E-state index contributed by atoms with van der Waals surface area (Å²) in [5, 5.41) is 8.64. The molecule has 0 bridgehead atoms. The zero-order chi connectivity index (χ0) is 11.1. The Labute approximate surface area is 93.0 Å². The van der Waals surface area contributed by atoms with Gasteiger partial charge in [-0.3, -0.25) is 4.90 Å². The van der Waals surface area contributed by atoms with Gasteiger partial charge >= 0.3 is 0 Å². The van der Waals surface area contributed by atoms with Crippen molar-refractivity contribution in [1.29, 1.82) is 5.26 Å². The van der Waals surface area contributed by atoms with Crippen molar-refractivity contribution in [3.63, 3.8) is 0 Å². The van der Waals surface area contributed by atoms with Gasteiger partial charge in [-0.1, -0.05) is 13.8 Å². The molecule has 1 unspecified atom stereocenters. The largest absolute Gasteiger partial charge is 0.380 e. The number of hydrogen-bond donors (Lipinski definition) is 0. The lowest BCUT2D eigenvalue weighted by atomic mass is 10.1. The molecule has 0 radical (unpaired) electrons. The van der Waals surface area contributed by atoms with Crippen LogP contribution in [0.3, 0.4) is 0 Å². The third kappa shape index (κ3) is 4.63. The molecule has 86 valence electrons. The highest BCUT2D eigenvalue weighted by molar-refractivity contribution is 4.79. The van der Waals surface area contributed by atoms with Gasteiger partial charge in [0, 0.05) is 32.2 Å². The van der Waals surface area contributed by atoms with Crippen LogP contribution in [-0.2, 0) is 4.74 Å². The molecule has 1 saturated heterocycles. The Kier molecular flexibility index (Phi) is 5.67. The maximum absolute atomic E-state index is 8.64. The minimum Gasteiger partial charge on any atom is -0.380 e. The molecule has 0 aromatic carbocycles.